The number of rotatable bonds is 8. The average molecular weight is 327 g/mol. The van der Waals surface area contributed by atoms with E-state index in [-0.39, 0.29) is 6.42 Å². The highest BCUT2D eigenvalue weighted by Crippen LogP contribution is 1.98. The first-order valence-electron chi connectivity index (χ1n) is 6.96. The number of amides is 2. The third-order valence-corrected chi connectivity index (χ3v) is 3.13. The molecule has 10 nitrogen and oxygen atoms in total. The van der Waals surface area contributed by atoms with E-state index < -0.39 is 42.0 Å². The highest BCUT2D eigenvalue weighted by Gasteiger charge is 2.28. The van der Waals surface area contributed by atoms with Crippen molar-refractivity contribution in [1.29, 1.82) is 0 Å². The normalized spacial score (nSPS) is 16.0. The van der Waals surface area contributed by atoms with Gasteiger partial charge in [-0.1, -0.05) is 0 Å². The van der Waals surface area contributed by atoms with Crippen molar-refractivity contribution in [3.05, 3.63) is 18.2 Å². The van der Waals surface area contributed by atoms with Gasteiger partial charge in [-0.2, -0.15) is 0 Å². The molecule has 1 rings (SSSR count). The van der Waals surface area contributed by atoms with Crippen LogP contribution in [0.4, 0.5) is 0 Å². The number of carboxylic acids is 1. The van der Waals surface area contributed by atoms with Crippen LogP contribution in [-0.4, -0.2) is 62.2 Å². The number of aliphatic hydroxyl groups excluding tert-OH is 1. The zero-order valence-electron chi connectivity index (χ0n) is 12.8. The lowest BCUT2D eigenvalue weighted by molar-refractivity contribution is -0.145. The van der Waals surface area contributed by atoms with Gasteiger partial charge in [-0.05, 0) is 13.8 Å². The minimum atomic E-state index is -1.46. The number of aromatic nitrogens is 2. The maximum atomic E-state index is 11.9. The molecule has 23 heavy (non-hydrogen) atoms. The summed E-state index contributed by atoms with van der Waals surface area (Å²) in [6.45, 7) is 2.62. The summed E-state index contributed by atoms with van der Waals surface area (Å²) in [5, 5.41) is 22.7. The summed E-state index contributed by atoms with van der Waals surface area (Å²) in [6.07, 6.45) is 1.93. The van der Waals surface area contributed by atoms with Crippen LogP contribution in [0.25, 0.3) is 0 Å². The van der Waals surface area contributed by atoms with Crippen LogP contribution in [0.15, 0.2) is 12.5 Å². The van der Waals surface area contributed by atoms with Gasteiger partial charge in [-0.3, -0.25) is 9.59 Å². The minimum absolute atomic E-state index is 0.214. The molecular formula is C13H21N5O5. The second-order valence-electron chi connectivity index (χ2n) is 5.18. The number of carboxylic acid groups (broad SMARTS) is 1. The molecule has 7 N–H and O–H groups in total. The lowest BCUT2D eigenvalue weighted by Crippen LogP contribution is -2.55. The fourth-order valence-electron chi connectivity index (χ4n) is 1.78. The molecule has 0 aliphatic carbocycles. The van der Waals surface area contributed by atoms with E-state index in [0.717, 1.165) is 0 Å². The second-order valence-corrected chi connectivity index (χ2v) is 5.18. The van der Waals surface area contributed by atoms with Crippen molar-refractivity contribution in [3.63, 3.8) is 0 Å². The Hall–Kier alpha value is -2.46. The van der Waals surface area contributed by atoms with Crippen LogP contribution in [0.1, 0.15) is 19.5 Å². The molecule has 0 aliphatic rings. The van der Waals surface area contributed by atoms with Gasteiger partial charge in [0.2, 0.25) is 11.8 Å². The smallest absolute Gasteiger partial charge is 0.328 e. The van der Waals surface area contributed by atoms with E-state index in [9.17, 15) is 19.5 Å². The highest BCUT2D eigenvalue weighted by molar-refractivity contribution is 5.91. The van der Waals surface area contributed by atoms with Crippen molar-refractivity contribution in [2.75, 3.05) is 0 Å². The van der Waals surface area contributed by atoms with Gasteiger partial charge in [0.1, 0.15) is 6.04 Å². The Balaban J connectivity index is 2.53. The first-order chi connectivity index (χ1) is 10.7. The molecular weight excluding hydrogens is 306 g/mol. The SMILES string of the molecule is CC(NC(=O)C(N)Cc1cnc[nH]1)C(=O)NC(C(=O)O)C(C)O. The van der Waals surface area contributed by atoms with Crippen molar-refractivity contribution in [3.8, 4) is 0 Å². The quantitative estimate of drug-likeness (QED) is 0.312. The first-order valence-corrected chi connectivity index (χ1v) is 6.96. The fraction of sp³-hybridized carbons (Fsp3) is 0.538. The molecule has 0 saturated carbocycles. The minimum Gasteiger partial charge on any atom is -0.480 e. The number of nitrogens with one attached hydrogen (secondary N) is 3. The number of carbonyl (C=O) groups excluding carboxylic acids is 2. The highest BCUT2D eigenvalue weighted by atomic mass is 16.4. The summed E-state index contributed by atoms with van der Waals surface area (Å²) in [5.41, 5.74) is 6.40. The number of aliphatic carboxylic acids is 1. The monoisotopic (exact) mass is 327 g/mol. The van der Waals surface area contributed by atoms with Crippen LogP contribution < -0.4 is 16.4 Å². The molecule has 4 atom stereocenters. The molecule has 0 bridgehead atoms. The van der Waals surface area contributed by atoms with Crippen LogP contribution in [0.2, 0.25) is 0 Å². The van der Waals surface area contributed by atoms with Crippen molar-refractivity contribution in [2.45, 2.75) is 44.5 Å². The molecule has 0 spiro atoms. The van der Waals surface area contributed by atoms with Gasteiger partial charge in [-0.15, -0.1) is 0 Å². The molecule has 1 aromatic heterocycles. The standard InChI is InChI=1S/C13H21N5O5/c1-6(11(20)18-10(7(2)19)13(22)23)17-12(21)9(14)3-8-4-15-5-16-8/h4-7,9-10,19H,3,14H2,1-2H3,(H,15,16)(H,17,21)(H,18,20)(H,22,23). The van der Waals surface area contributed by atoms with Crippen LogP contribution >= 0.6 is 0 Å². The van der Waals surface area contributed by atoms with Gasteiger partial charge in [0.05, 0.1) is 18.5 Å². The Morgan fingerprint density at radius 3 is 2.43 bits per heavy atom. The van der Waals surface area contributed by atoms with Gasteiger partial charge in [-0.25, -0.2) is 9.78 Å². The molecule has 0 fully saturated rings. The molecule has 0 aliphatic heterocycles. The lowest BCUT2D eigenvalue weighted by atomic mass is 10.1. The molecule has 128 valence electrons. The number of carbonyl (C=O) groups is 3. The number of imidazole rings is 1. The predicted molar refractivity (Wildman–Crippen MR) is 79.1 cm³/mol. The molecule has 4 unspecified atom stereocenters. The summed E-state index contributed by atoms with van der Waals surface area (Å²) in [6, 6.07) is -3.35. The second kappa shape index (κ2) is 8.25. The molecule has 0 aromatic carbocycles. The fourth-order valence-corrected chi connectivity index (χ4v) is 1.78. The molecule has 0 saturated heterocycles. The predicted octanol–water partition coefficient (Wildman–Crippen LogP) is -2.27. The maximum absolute atomic E-state index is 11.9. The summed E-state index contributed by atoms with van der Waals surface area (Å²) < 4.78 is 0. The zero-order valence-corrected chi connectivity index (χ0v) is 12.8. The average Bonchev–Trinajstić information content (AvgIpc) is 2.96. The number of nitrogens with two attached hydrogens (primary N) is 1. The summed E-state index contributed by atoms with van der Waals surface area (Å²) in [4.78, 5) is 41.3. The van der Waals surface area contributed by atoms with E-state index in [0.29, 0.717) is 5.69 Å². The largest absolute Gasteiger partial charge is 0.480 e. The number of aromatic amines is 1. The van der Waals surface area contributed by atoms with Crippen LogP contribution in [0, 0.1) is 0 Å². The first kappa shape index (κ1) is 18.6. The number of H-pyrrole nitrogens is 1. The van der Waals surface area contributed by atoms with E-state index in [1.165, 1.54) is 26.4 Å². The van der Waals surface area contributed by atoms with Crippen LogP contribution in [0.5, 0.6) is 0 Å². The number of aliphatic hydroxyl groups is 1. The summed E-state index contributed by atoms with van der Waals surface area (Å²) in [7, 11) is 0. The van der Waals surface area contributed by atoms with E-state index in [1.807, 2.05) is 0 Å². The lowest BCUT2D eigenvalue weighted by Gasteiger charge is -2.21. The van der Waals surface area contributed by atoms with E-state index in [1.54, 1.807) is 0 Å². The van der Waals surface area contributed by atoms with Gasteiger partial charge in [0.25, 0.3) is 0 Å². The Labute approximate surface area is 132 Å². The molecule has 0 radical (unpaired) electrons. The van der Waals surface area contributed by atoms with Crippen molar-refractivity contribution in [2.24, 2.45) is 5.73 Å². The summed E-state index contributed by atoms with van der Waals surface area (Å²) in [5.74, 6) is -2.67. The Bertz CT molecular complexity index is 545. The molecule has 1 aromatic rings. The van der Waals surface area contributed by atoms with E-state index >= 15 is 0 Å². The van der Waals surface area contributed by atoms with Crippen molar-refractivity contribution in [1.82, 2.24) is 20.6 Å². The third kappa shape index (κ3) is 5.68. The van der Waals surface area contributed by atoms with Gasteiger partial charge in [0, 0.05) is 18.3 Å². The Kier molecular flexibility index (Phi) is 6.66. The molecule has 1 heterocycles. The van der Waals surface area contributed by atoms with E-state index in [2.05, 4.69) is 20.6 Å². The Morgan fingerprint density at radius 1 is 1.30 bits per heavy atom. The van der Waals surface area contributed by atoms with Crippen molar-refractivity contribution < 1.29 is 24.6 Å². The zero-order chi connectivity index (χ0) is 17.6. The van der Waals surface area contributed by atoms with Gasteiger partial charge in [0.15, 0.2) is 6.04 Å². The van der Waals surface area contributed by atoms with Gasteiger partial charge >= 0.3 is 5.97 Å². The molecule has 10 heteroatoms. The summed E-state index contributed by atoms with van der Waals surface area (Å²) >= 11 is 0. The topological polar surface area (TPSA) is 170 Å². The third-order valence-electron chi connectivity index (χ3n) is 3.13. The number of nitrogens with zero attached hydrogens (tertiary/aromatic N) is 1. The van der Waals surface area contributed by atoms with Crippen molar-refractivity contribution >= 4 is 17.8 Å². The molecule has 2 amide bonds. The number of hydrogen-bond donors (Lipinski definition) is 6. The van der Waals surface area contributed by atoms with Crippen LogP contribution in [0.3, 0.4) is 0 Å². The van der Waals surface area contributed by atoms with Crippen LogP contribution in [-0.2, 0) is 20.8 Å². The van der Waals surface area contributed by atoms with Gasteiger partial charge < -0.3 is 31.6 Å². The maximum Gasteiger partial charge on any atom is 0.328 e. The van der Waals surface area contributed by atoms with E-state index in [4.69, 9.17) is 10.8 Å². The Morgan fingerprint density at radius 2 is 1.96 bits per heavy atom. The number of hydrogen-bond acceptors (Lipinski definition) is 6.